The number of likely N-dealkylation sites (tertiary alicyclic amines) is 1. The molecule has 1 spiro atoms. The lowest BCUT2D eigenvalue weighted by atomic mass is 9.62. The van der Waals surface area contributed by atoms with E-state index in [1.54, 1.807) is 6.92 Å². The Kier molecular flexibility index (Phi) is 6.12. The number of likely N-dealkylation sites (N-methyl/N-ethyl adjacent to an activating group) is 1. The van der Waals surface area contributed by atoms with Crippen molar-refractivity contribution < 1.29 is 19.2 Å². The second-order valence-electron chi connectivity index (χ2n) is 8.49. The minimum Gasteiger partial charge on any atom is -0.351 e. The molecule has 6 heteroatoms. The van der Waals surface area contributed by atoms with Crippen LogP contribution >= 0.6 is 0 Å². The molecular formula is C24H28N2O4. The molecule has 2 fully saturated rings. The molecule has 0 atom stereocenters. The van der Waals surface area contributed by atoms with Crippen LogP contribution in [-0.2, 0) is 19.2 Å². The van der Waals surface area contributed by atoms with Gasteiger partial charge in [-0.1, -0.05) is 5.92 Å². The van der Waals surface area contributed by atoms with Gasteiger partial charge in [0.25, 0.3) is 0 Å². The maximum Gasteiger partial charge on any atom is 0.311 e. The van der Waals surface area contributed by atoms with Gasteiger partial charge in [0, 0.05) is 38.5 Å². The molecule has 1 N–H and O–H groups in total. The Balaban J connectivity index is 1.78. The van der Waals surface area contributed by atoms with Crippen LogP contribution in [0.1, 0.15) is 60.8 Å². The predicted molar refractivity (Wildman–Crippen MR) is 113 cm³/mol. The molecular weight excluding hydrogens is 380 g/mol. The van der Waals surface area contributed by atoms with Gasteiger partial charge in [-0.2, -0.15) is 0 Å². The minimum atomic E-state index is -0.718. The summed E-state index contributed by atoms with van der Waals surface area (Å²) >= 11 is 0. The molecule has 1 saturated heterocycles. The van der Waals surface area contributed by atoms with Crippen LogP contribution in [0.5, 0.6) is 0 Å². The summed E-state index contributed by atoms with van der Waals surface area (Å²) in [4.78, 5) is 51.5. The molecule has 0 aromatic heterocycles. The second-order valence-corrected chi connectivity index (χ2v) is 8.49. The minimum absolute atomic E-state index is 0.0437. The van der Waals surface area contributed by atoms with Crippen LogP contribution in [-0.4, -0.2) is 48.4 Å². The van der Waals surface area contributed by atoms with E-state index in [1.807, 2.05) is 26.0 Å². The number of aryl methyl sites for hydroxylation is 2. The fourth-order valence-corrected chi connectivity index (χ4v) is 4.94. The predicted octanol–water partition coefficient (Wildman–Crippen LogP) is 2.05. The lowest BCUT2D eigenvalue weighted by Gasteiger charge is -2.44. The van der Waals surface area contributed by atoms with Gasteiger partial charge in [0.05, 0.1) is 0 Å². The number of nitrogens with one attached hydrogen (secondary N) is 1. The number of carbonyl (C=O) groups is 4. The molecule has 6 nitrogen and oxygen atoms in total. The number of nitrogens with zero attached hydrogens (tertiary/aromatic N) is 1. The number of rotatable bonds is 1. The lowest BCUT2D eigenvalue weighted by molar-refractivity contribution is -0.148. The normalized spacial score (nSPS) is 18.7. The van der Waals surface area contributed by atoms with E-state index in [-0.39, 0.29) is 11.6 Å². The van der Waals surface area contributed by atoms with Crippen molar-refractivity contribution in [2.45, 2.75) is 52.4 Å². The number of Topliss-reactive ketones (excluding diaryl/α,β-unsaturated/α-hetero) is 2. The van der Waals surface area contributed by atoms with Gasteiger partial charge in [-0.25, -0.2) is 0 Å². The molecule has 1 heterocycles. The molecule has 2 aliphatic rings. The summed E-state index contributed by atoms with van der Waals surface area (Å²) in [7, 11) is 1.43. The van der Waals surface area contributed by atoms with Crippen molar-refractivity contribution in [3.05, 3.63) is 34.4 Å². The lowest BCUT2D eigenvalue weighted by Crippen LogP contribution is -2.51. The summed E-state index contributed by atoms with van der Waals surface area (Å²) in [5.74, 6) is 3.92. The van der Waals surface area contributed by atoms with E-state index in [1.165, 1.54) is 11.9 Å². The first-order valence-corrected chi connectivity index (χ1v) is 10.3. The van der Waals surface area contributed by atoms with Crippen LogP contribution in [0.4, 0.5) is 0 Å². The zero-order valence-corrected chi connectivity index (χ0v) is 18.1. The Morgan fingerprint density at radius 2 is 1.60 bits per heavy atom. The summed E-state index contributed by atoms with van der Waals surface area (Å²) in [5.41, 5.74) is 3.13. The summed E-state index contributed by atoms with van der Waals surface area (Å²) in [6.07, 6.45) is 1.79. The van der Waals surface area contributed by atoms with Gasteiger partial charge in [0.2, 0.25) is 0 Å². The zero-order valence-electron chi connectivity index (χ0n) is 18.1. The summed E-state index contributed by atoms with van der Waals surface area (Å²) < 4.78 is 0. The van der Waals surface area contributed by atoms with Crippen molar-refractivity contribution in [2.75, 3.05) is 20.1 Å². The van der Waals surface area contributed by atoms with Crippen LogP contribution in [0, 0.1) is 31.1 Å². The smallest absolute Gasteiger partial charge is 0.311 e. The third kappa shape index (κ3) is 4.02. The molecule has 2 amide bonds. The number of ketones is 2. The fourth-order valence-electron chi connectivity index (χ4n) is 4.94. The van der Waals surface area contributed by atoms with E-state index < -0.39 is 23.1 Å². The highest BCUT2D eigenvalue weighted by molar-refractivity contribution is 6.34. The maximum atomic E-state index is 13.2. The first-order chi connectivity index (χ1) is 14.2. The Morgan fingerprint density at radius 3 is 2.07 bits per heavy atom. The molecule has 158 valence electrons. The third-order valence-electron chi connectivity index (χ3n) is 6.43. The van der Waals surface area contributed by atoms with E-state index in [4.69, 9.17) is 0 Å². The van der Waals surface area contributed by atoms with Gasteiger partial charge < -0.3 is 10.2 Å². The van der Waals surface area contributed by atoms with Crippen molar-refractivity contribution in [3.63, 3.8) is 0 Å². The van der Waals surface area contributed by atoms with Gasteiger partial charge in [0.15, 0.2) is 0 Å². The highest BCUT2D eigenvalue weighted by Crippen LogP contribution is 2.46. The SMILES string of the molecule is CC#Cc1cc(C)c(C2C(=O)CC3(CCN(C(=O)C(=O)NC)CC3)CC2=O)c(C)c1. The van der Waals surface area contributed by atoms with Crippen molar-refractivity contribution in [1.29, 1.82) is 0 Å². The van der Waals surface area contributed by atoms with Crippen LogP contribution in [0.15, 0.2) is 12.1 Å². The summed E-state index contributed by atoms with van der Waals surface area (Å²) in [5, 5.41) is 2.35. The van der Waals surface area contributed by atoms with Crippen molar-refractivity contribution in [2.24, 2.45) is 5.41 Å². The maximum absolute atomic E-state index is 13.2. The number of amides is 2. The molecule has 0 bridgehead atoms. The monoisotopic (exact) mass is 408 g/mol. The summed E-state index contributed by atoms with van der Waals surface area (Å²) in [6, 6.07) is 3.87. The standard InChI is InChI=1S/C24H28N2O4/c1-5-6-17-11-15(2)20(16(3)12-17)21-18(27)13-24(14-19(21)28)7-9-26(10-8-24)23(30)22(29)25-4/h11-12,21H,7-10,13-14H2,1-4H3,(H,25,29). The van der Waals surface area contributed by atoms with Crippen LogP contribution in [0.25, 0.3) is 0 Å². The van der Waals surface area contributed by atoms with Crippen molar-refractivity contribution >= 4 is 23.4 Å². The highest BCUT2D eigenvalue weighted by Gasteiger charge is 2.48. The summed E-state index contributed by atoms with van der Waals surface area (Å²) in [6.45, 7) is 6.41. The van der Waals surface area contributed by atoms with Gasteiger partial charge in [-0.05, 0) is 67.9 Å². The van der Waals surface area contributed by atoms with Crippen LogP contribution in [0.2, 0.25) is 0 Å². The van der Waals surface area contributed by atoms with Gasteiger partial charge in [0.1, 0.15) is 17.5 Å². The number of carbonyl (C=O) groups excluding carboxylic acids is 4. The fraction of sp³-hybridized carbons (Fsp3) is 0.500. The van der Waals surface area contributed by atoms with Crippen LogP contribution < -0.4 is 5.32 Å². The Bertz CT molecular complexity index is 932. The number of hydrogen-bond donors (Lipinski definition) is 1. The van der Waals surface area contributed by atoms with E-state index in [0.717, 1.165) is 22.3 Å². The molecule has 1 saturated carbocycles. The molecule has 0 radical (unpaired) electrons. The second kappa shape index (κ2) is 8.43. The Morgan fingerprint density at radius 1 is 1.07 bits per heavy atom. The Hall–Kier alpha value is -2.94. The first-order valence-electron chi connectivity index (χ1n) is 10.3. The van der Waals surface area contributed by atoms with E-state index >= 15 is 0 Å². The van der Waals surface area contributed by atoms with Gasteiger partial charge in [-0.3, -0.25) is 19.2 Å². The van der Waals surface area contributed by atoms with E-state index in [9.17, 15) is 19.2 Å². The molecule has 1 aromatic carbocycles. The quantitative estimate of drug-likeness (QED) is 0.438. The molecule has 0 unspecified atom stereocenters. The topological polar surface area (TPSA) is 83.6 Å². The zero-order chi connectivity index (χ0) is 22.1. The molecule has 3 rings (SSSR count). The number of piperidine rings is 1. The Labute approximate surface area is 177 Å². The highest BCUT2D eigenvalue weighted by atomic mass is 16.2. The average molecular weight is 408 g/mol. The molecule has 1 aliphatic heterocycles. The van der Waals surface area contributed by atoms with Crippen molar-refractivity contribution in [3.8, 4) is 11.8 Å². The number of hydrogen-bond acceptors (Lipinski definition) is 4. The van der Waals surface area contributed by atoms with Crippen molar-refractivity contribution in [1.82, 2.24) is 10.2 Å². The molecule has 30 heavy (non-hydrogen) atoms. The third-order valence-corrected chi connectivity index (χ3v) is 6.43. The average Bonchev–Trinajstić information content (AvgIpc) is 2.69. The largest absolute Gasteiger partial charge is 0.351 e. The molecule has 1 aliphatic carbocycles. The van der Waals surface area contributed by atoms with Crippen LogP contribution in [0.3, 0.4) is 0 Å². The van der Waals surface area contributed by atoms with Gasteiger partial charge in [-0.15, -0.1) is 5.92 Å². The van der Waals surface area contributed by atoms with E-state index in [0.29, 0.717) is 38.8 Å². The van der Waals surface area contributed by atoms with E-state index in [2.05, 4.69) is 17.2 Å². The number of benzene rings is 1. The van der Waals surface area contributed by atoms with Gasteiger partial charge >= 0.3 is 11.8 Å². The first kappa shape index (κ1) is 21.8. The molecule has 1 aromatic rings.